The van der Waals surface area contributed by atoms with Gasteiger partial charge in [0.05, 0.1) is 18.8 Å². The highest BCUT2D eigenvalue weighted by molar-refractivity contribution is 6.04. The summed E-state index contributed by atoms with van der Waals surface area (Å²) < 4.78 is 87.3. The number of esters is 1. The summed E-state index contributed by atoms with van der Waals surface area (Å²) in [5, 5.41) is 11.6. The molecule has 0 bridgehead atoms. The molecule has 0 unspecified atom stereocenters. The van der Waals surface area contributed by atoms with E-state index in [9.17, 15) is 36.6 Å². The number of nitrogens with one attached hydrogen (secondary N) is 1. The average Bonchev–Trinajstić information content (AvgIpc) is 3.50. The molecule has 2 aliphatic heterocycles. The van der Waals surface area contributed by atoms with Crippen molar-refractivity contribution in [3.8, 4) is 0 Å². The highest BCUT2D eigenvalue weighted by atomic mass is 19.2. The summed E-state index contributed by atoms with van der Waals surface area (Å²) >= 11 is 0. The fourth-order valence-electron chi connectivity index (χ4n) is 5.70. The molecule has 0 spiro atoms. The zero-order chi connectivity index (χ0) is 34.0. The van der Waals surface area contributed by atoms with Crippen molar-refractivity contribution >= 4 is 17.6 Å². The van der Waals surface area contributed by atoms with Gasteiger partial charge in [-0.3, -0.25) is 14.5 Å². The molecule has 47 heavy (non-hydrogen) atoms. The highest BCUT2D eigenvalue weighted by Gasteiger charge is 2.39. The van der Waals surface area contributed by atoms with Crippen molar-refractivity contribution in [2.75, 3.05) is 18.4 Å². The predicted molar refractivity (Wildman–Crippen MR) is 159 cm³/mol. The Morgan fingerprint density at radius 3 is 2.09 bits per heavy atom. The number of halogens is 5. The average molecular weight is 663 g/mol. The summed E-state index contributed by atoms with van der Waals surface area (Å²) in [5.74, 6) is -13.1. The van der Waals surface area contributed by atoms with Crippen LogP contribution in [0.15, 0.2) is 48.5 Å². The second-order valence-electron chi connectivity index (χ2n) is 12.6. The first kappa shape index (κ1) is 34.4. The van der Waals surface area contributed by atoms with E-state index in [0.717, 1.165) is 17.5 Å². The van der Waals surface area contributed by atoms with Gasteiger partial charge in [0.15, 0.2) is 29.6 Å². The van der Waals surface area contributed by atoms with Crippen LogP contribution in [0.25, 0.3) is 0 Å². The third kappa shape index (κ3) is 7.81. The van der Waals surface area contributed by atoms with Crippen LogP contribution in [0, 0.1) is 29.1 Å². The molecule has 2 aliphatic rings. The van der Waals surface area contributed by atoms with Crippen molar-refractivity contribution in [3.63, 3.8) is 0 Å². The van der Waals surface area contributed by atoms with Crippen molar-refractivity contribution in [2.24, 2.45) is 0 Å². The fraction of sp³-hybridized carbons (Fsp3) is 0.412. The zero-order valence-electron chi connectivity index (χ0n) is 26.0. The number of hydrogen-bond acceptors (Lipinski definition) is 7. The van der Waals surface area contributed by atoms with Crippen LogP contribution in [0.5, 0.6) is 0 Å². The zero-order valence-corrected chi connectivity index (χ0v) is 26.0. The van der Waals surface area contributed by atoms with E-state index < -0.39 is 64.6 Å². The van der Waals surface area contributed by atoms with E-state index >= 15 is 0 Å². The van der Waals surface area contributed by atoms with Gasteiger partial charge < -0.3 is 24.6 Å². The maximum absolute atomic E-state index is 14.1. The molecule has 1 amide bonds. The SMILES string of the molecule is CC(C)(C)OC(=O)[C@@H]1CCCN1C[C@@H]1C[C@H](c2ccc(CO)cc2)O[C@H](c2ccc(NC(=O)c3c(F)c(F)c(F)c(F)c3F)cc2)O1. The van der Waals surface area contributed by atoms with Crippen LogP contribution in [-0.2, 0) is 25.6 Å². The van der Waals surface area contributed by atoms with Crippen LogP contribution in [0.2, 0.25) is 0 Å². The van der Waals surface area contributed by atoms with Gasteiger partial charge in [-0.15, -0.1) is 0 Å². The van der Waals surface area contributed by atoms with Gasteiger partial charge in [-0.1, -0.05) is 36.4 Å². The number of anilines is 1. The van der Waals surface area contributed by atoms with Gasteiger partial charge in [0, 0.05) is 24.2 Å². The molecule has 0 radical (unpaired) electrons. The maximum atomic E-state index is 14.1. The Morgan fingerprint density at radius 2 is 1.49 bits per heavy atom. The molecule has 3 aromatic rings. The lowest BCUT2D eigenvalue weighted by Gasteiger charge is -2.38. The van der Waals surface area contributed by atoms with Gasteiger partial charge in [-0.2, -0.15) is 0 Å². The molecule has 2 heterocycles. The van der Waals surface area contributed by atoms with Crippen LogP contribution in [0.4, 0.5) is 27.6 Å². The normalized spacial score (nSPS) is 21.9. The standard InChI is InChI=1S/C34H35F5N2O6/c1-34(2,3)47-32(44)23-5-4-14-41(23)16-22-15-24(19-8-6-18(17-42)7-9-19)46-33(45-22)20-10-12-21(13-11-20)40-31(43)25-26(35)28(37)30(39)29(38)27(25)36/h6-13,22-24,33,42H,4-5,14-17H2,1-3H3,(H,40,43)/t22-,23-,24+,33+/m0/s1. The largest absolute Gasteiger partial charge is 0.459 e. The Hall–Kier alpha value is -3.91. The molecule has 13 heteroatoms. The summed E-state index contributed by atoms with van der Waals surface area (Å²) in [6.45, 7) is 6.44. The van der Waals surface area contributed by atoms with Gasteiger partial charge in [0.1, 0.15) is 17.2 Å². The Balaban J connectivity index is 1.35. The van der Waals surface area contributed by atoms with E-state index in [4.69, 9.17) is 14.2 Å². The number of aliphatic hydroxyl groups excluding tert-OH is 1. The third-order valence-electron chi connectivity index (χ3n) is 7.97. The predicted octanol–water partition coefficient (Wildman–Crippen LogP) is 6.48. The first-order valence-electron chi connectivity index (χ1n) is 15.2. The van der Waals surface area contributed by atoms with Crippen molar-refractivity contribution in [3.05, 3.63) is 99.9 Å². The van der Waals surface area contributed by atoms with Crippen LogP contribution in [0.1, 0.15) is 79.5 Å². The quantitative estimate of drug-likeness (QED) is 0.123. The first-order valence-corrected chi connectivity index (χ1v) is 15.2. The molecule has 3 aromatic carbocycles. The molecule has 4 atom stereocenters. The molecule has 0 aliphatic carbocycles. The minimum atomic E-state index is -2.36. The molecule has 2 saturated heterocycles. The lowest BCUT2D eigenvalue weighted by molar-refractivity contribution is -0.253. The van der Waals surface area contributed by atoms with Gasteiger partial charge in [0.25, 0.3) is 5.91 Å². The number of amides is 1. The Bertz CT molecular complexity index is 1580. The van der Waals surface area contributed by atoms with Gasteiger partial charge in [0.2, 0.25) is 5.82 Å². The number of nitrogens with zero attached hydrogens (tertiary/aromatic N) is 1. The van der Waals surface area contributed by atoms with E-state index in [1.54, 1.807) is 12.1 Å². The van der Waals surface area contributed by atoms with Crippen LogP contribution < -0.4 is 5.32 Å². The lowest BCUT2D eigenvalue weighted by atomic mass is 9.99. The number of hydrogen-bond donors (Lipinski definition) is 2. The maximum Gasteiger partial charge on any atom is 0.323 e. The Kier molecular flexibility index (Phi) is 10.3. The van der Waals surface area contributed by atoms with Crippen LogP contribution in [0.3, 0.4) is 0 Å². The lowest BCUT2D eigenvalue weighted by Crippen LogP contribution is -2.45. The molecular formula is C34H35F5N2O6. The van der Waals surface area contributed by atoms with Gasteiger partial charge in [-0.05, 0) is 63.4 Å². The van der Waals surface area contributed by atoms with Crippen molar-refractivity contribution in [1.29, 1.82) is 0 Å². The summed E-state index contributed by atoms with van der Waals surface area (Å²) in [6.07, 6.45) is 0.226. The molecular weight excluding hydrogens is 627 g/mol. The Labute approximate surface area is 268 Å². The van der Waals surface area contributed by atoms with Crippen molar-refractivity contribution in [1.82, 2.24) is 4.90 Å². The summed E-state index contributed by atoms with van der Waals surface area (Å²) in [6, 6.07) is 12.7. The topological polar surface area (TPSA) is 97.3 Å². The molecule has 0 aromatic heterocycles. The van der Waals surface area contributed by atoms with Crippen LogP contribution >= 0.6 is 0 Å². The molecule has 252 valence electrons. The van der Waals surface area contributed by atoms with E-state index in [0.29, 0.717) is 31.5 Å². The molecule has 2 N–H and O–H groups in total. The fourth-order valence-corrected chi connectivity index (χ4v) is 5.70. The summed E-state index contributed by atoms with van der Waals surface area (Å²) in [5.41, 5.74) is -0.119. The molecule has 2 fully saturated rings. The van der Waals surface area contributed by atoms with Gasteiger partial charge in [-0.25, -0.2) is 22.0 Å². The minimum Gasteiger partial charge on any atom is -0.459 e. The number of carbonyl (C=O) groups is 2. The van der Waals surface area contributed by atoms with Crippen LogP contribution in [-0.4, -0.2) is 52.7 Å². The number of benzene rings is 3. The monoisotopic (exact) mass is 662 g/mol. The third-order valence-corrected chi connectivity index (χ3v) is 7.97. The van der Waals surface area contributed by atoms with Gasteiger partial charge >= 0.3 is 5.97 Å². The molecule has 5 rings (SSSR count). The highest BCUT2D eigenvalue weighted by Crippen LogP contribution is 2.39. The van der Waals surface area contributed by atoms with E-state index in [-0.39, 0.29) is 24.4 Å². The second-order valence-corrected chi connectivity index (χ2v) is 12.6. The number of carbonyl (C=O) groups excluding carboxylic acids is 2. The Morgan fingerprint density at radius 1 is 0.894 bits per heavy atom. The number of likely N-dealkylation sites (tertiary alicyclic amines) is 1. The summed E-state index contributed by atoms with van der Waals surface area (Å²) in [7, 11) is 0. The first-order chi connectivity index (χ1) is 22.3. The van der Waals surface area contributed by atoms with Crippen molar-refractivity contribution < 1.29 is 50.9 Å². The molecule has 0 saturated carbocycles. The van der Waals surface area contributed by atoms with Crippen molar-refractivity contribution in [2.45, 2.75) is 76.8 Å². The van der Waals surface area contributed by atoms with E-state index in [1.807, 2.05) is 37.8 Å². The number of rotatable bonds is 8. The number of aliphatic hydroxyl groups is 1. The molecule has 8 nitrogen and oxygen atoms in total. The van der Waals surface area contributed by atoms with E-state index in [1.165, 1.54) is 24.3 Å². The smallest absolute Gasteiger partial charge is 0.323 e. The minimum absolute atomic E-state index is 0.0171. The second kappa shape index (κ2) is 14.1. The summed E-state index contributed by atoms with van der Waals surface area (Å²) in [4.78, 5) is 27.5. The number of ether oxygens (including phenoxy) is 3. The van der Waals surface area contributed by atoms with E-state index in [2.05, 4.69) is 5.32 Å².